The van der Waals surface area contributed by atoms with Gasteiger partial charge in [0, 0.05) is 40.7 Å². The third-order valence-corrected chi connectivity index (χ3v) is 6.42. The van der Waals surface area contributed by atoms with Crippen LogP contribution in [0.15, 0.2) is 66.7 Å². The second kappa shape index (κ2) is 13.5. The Kier molecular flexibility index (Phi) is 10.4. The summed E-state index contributed by atoms with van der Waals surface area (Å²) in [7, 11) is 1.30. The third kappa shape index (κ3) is 8.59. The molecule has 0 aromatic heterocycles. The summed E-state index contributed by atoms with van der Waals surface area (Å²) in [5.74, 6) is -0.648. The van der Waals surface area contributed by atoms with Crippen LogP contribution in [0, 0.1) is 10.1 Å². The van der Waals surface area contributed by atoms with Crippen molar-refractivity contribution >= 4 is 40.7 Å². The van der Waals surface area contributed by atoms with Gasteiger partial charge in [-0.15, -0.1) is 0 Å². The van der Waals surface area contributed by atoms with Crippen molar-refractivity contribution in [3.8, 4) is 11.5 Å². The van der Waals surface area contributed by atoms with Crippen LogP contribution in [-0.2, 0) is 22.6 Å². The van der Waals surface area contributed by atoms with E-state index in [1.165, 1.54) is 30.2 Å². The molecule has 0 saturated heterocycles. The van der Waals surface area contributed by atoms with Gasteiger partial charge in [0.05, 0.1) is 12.0 Å². The summed E-state index contributed by atoms with van der Waals surface area (Å²) >= 11 is 12.5. The van der Waals surface area contributed by atoms with E-state index in [2.05, 4.69) is 5.32 Å². The van der Waals surface area contributed by atoms with Gasteiger partial charge in [-0.3, -0.25) is 19.7 Å². The topological polar surface area (TPSA) is 111 Å². The Hall–Kier alpha value is -3.82. The highest BCUT2D eigenvalue weighted by Crippen LogP contribution is 2.31. The zero-order valence-electron chi connectivity index (χ0n) is 22.6. The van der Waals surface area contributed by atoms with Crippen LogP contribution in [-0.4, -0.2) is 46.9 Å². The molecule has 0 heterocycles. The lowest BCUT2D eigenvalue weighted by molar-refractivity contribution is -0.385. The summed E-state index contributed by atoms with van der Waals surface area (Å²) in [6, 6.07) is 17.3. The molecule has 0 fully saturated rings. The van der Waals surface area contributed by atoms with Gasteiger partial charge in [0.2, 0.25) is 11.7 Å². The molecular formula is C29H31Cl2N3O6. The third-order valence-electron chi connectivity index (χ3n) is 5.84. The second-order valence-electron chi connectivity index (χ2n) is 10.1. The molecule has 3 aromatic carbocycles. The largest absolute Gasteiger partial charge is 0.490 e. The normalized spacial score (nSPS) is 11.8. The van der Waals surface area contributed by atoms with Crippen LogP contribution in [0.25, 0.3) is 0 Å². The number of nitrogens with one attached hydrogen (secondary N) is 1. The molecular weight excluding hydrogens is 557 g/mol. The summed E-state index contributed by atoms with van der Waals surface area (Å²) in [4.78, 5) is 39.4. The smallest absolute Gasteiger partial charge is 0.311 e. The Labute approximate surface area is 243 Å². The van der Waals surface area contributed by atoms with Crippen LogP contribution < -0.4 is 14.8 Å². The van der Waals surface area contributed by atoms with E-state index in [1.807, 2.05) is 51.1 Å². The minimum atomic E-state index is -0.907. The van der Waals surface area contributed by atoms with E-state index < -0.39 is 29.0 Å². The first-order chi connectivity index (χ1) is 18.9. The number of carbonyl (C=O) groups is 2. The molecule has 11 heteroatoms. The van der Waals surface area contributed by atoms with Gasteiger partial charge in [0.1, 0.15) is 11.8 Å². The monoisotopic (exact) mass is 587 g/mol. The Bertz CT molecular complexity index is 1360. The maximum atomic E-state index is 13.7. The van der Waals surface area contributed by atoms with E-state index in [0.717, 1.165) is 5.56 Å². The molecule has 3 aromatic rings. The average Bonchev–Trinajstić information content (AvgIpc) is 2.89. The summed E-state index contributed by atoms with van der Waals surface area (Å²) in [5, 5.41) is 15.0. The fraction of sp³-hybridized carbons (Fsp3) is 0.310. The van der Waals surface area contributed by atoms with Gasteiger partial charge < -0.3 is 19.7 Å². The van der Waals surface area contributed by atoms with Crippen LogP contribution >= 0.6 is 23.2 Å². The van der Waals surface area contributed by atoms with Gasteiger partial charge in [-0.25, -0.2) is 0 Å². The quantitative estimate of drug-likeness (QED) is 0.223. The predicted molar refractivity (Wildman–Crippen MR) is 154 cm³/mol. The van der Waals surface area contributed by atoms with Crippen LogP contribution in [0.3, 0.4) is 0 Å². The molecule has 0 aliphatic rings. The molecule has 2 amide bonds. The van der Waals surface area contributed by atoms with Crippen molar-refractivity contribution in [2.24, 2.45) is 0 Å². The zero-order chi connectivity index (χ0) is 29.4. The lowest BCUT2D eigenvalue weighted by atomic mass is 10.0. The molecule has 0 aliphatic carbocycles. The Morgan fingerprint density at radius 2 is 1.75 bits per heavy atom. The fourth-order valence-electron chi connectivity index (χ4n) is 3.97. The van der Waals surface area contributed by atoms with Gasteiger partial charge in [0.15, 0.2) is 6.61 Å². The molecule has 0 aliphatic heterocycles. The van der Waals surface area contributed by atoms with E-state index in [9.17, 15) is 19.7 Å². The van der Waals surface area contributed by atoms with E-state index in [-0.39, 0.29) is 36.1 Å². The van der Waals surface area contributed by atoms with Crippen molar-refractivity contribution in [3.63, 3.8) is 0 Å². The second-order valence-corrected chi connectivity index (χ2v) is 10.9. The van der Waals surface area contributed by atoms with Crippen molar-refractivity contribution in [2.75, 3.05) is 13.7 Å². The number of hydrogen-bond acceptors (Lipinski definition) is 6. The number of amides is 2. The average molecular weight is 588 g/mol. The van der Waals surface area contributed by atoms with E-state index >= 15 is 0 Å². The first-order valence-electron chi connectivity index (χ1n) is 12.4. The molecule has 0 spiro atoms. The highest BCUT2D eigenvalue weighted by Gasteiger charge is 2.33. The number of nitro benzene ring substituents is 1. The van der Waals surface area contributed by atoms with Crippen molar-refractivity contribution in [1.29, 1.82) is 0 Å². The summed E-state index contributed by atoms with van der Waals surface area (Å²) in [5.41, 5.74) is 0.669. The number of ether oxygens (including phenoxy) is 2. The van der Waals surface area contributed by atoms with Gasteiger partial charge in [-0.05, 0) is 50.1 Å². The number of benzene rings is 3. The van der Waals surface area contributed by atoms with E-state index in [4.69, 9.17) is 32.7 Å². The molecule has 1 atom stereocenters. The van der Waals surface area contributed by atoms with Crippen LogP contribution in [0.2, 0.25) is 10.0 Å². The number of carbonyl (C=O) groups excluding carboxylic acids is 2. The summed E-state index contributed by atoms with van der Waals surface area (Å²) in [6.07, 6.45) is 0.241. The Balaban J connectivity index is 1.96. The fourth-order valence-corrected chi connectivity index (χ4v) is 4.44. The van der Waals surface area contributed by atoms with E-state index in [0.29, 0.717) is 15.6 Å². The molecule has 3 rings (SSSR count). The van der Waals surface area contributed by atoms with Crippen molar-refractivity contribution in [2.45, 2.75) is 45.3 Å². The SMILES string of the molecule is COc1cc(OCC(=O)N(Cc2ccc(Cl)cc2Cl)[C@H](Cc2ccccc2)C(=O)NC(C)(C)C)ccc1[N+](=O)[O-]. The first-order valence-corrected chi connectivity index (χ1v) is 13.2. The Morgan fingerprint density at radius 3 is 2.35 bits per heavy atom. The minimum Gasteiger partial charge on any atom is -0.490 e. The standard InChI is InChI=1S/C29H31Cl2N3O6/c1-29(2,3)32-28(36)25(14-19-8-6-5-7-9-19)33(17-20-10-11-21(30)15-23(20)31)27(35)18-40-22-12-13-24(34(37)38)26(16-22)39-4/h5-13,15-16,25H,14,17-18H2,1-4H3,(H,32,36)/t25-/m1/s1. The van der Waals surface area contributed by atoms with Crippen molar-refractivity contribution < 1.29 is 24.0 Å². The number of nitrogens with zero attached hydrogens (tertiary/aromatic N) is 2. The van der Waals surface area contributed by atoms with E-state index in [1.54, 1.807) is 18.2 Å². The molecule has 0 saturated carbocycles. The first kappa shape index (κ1) is 30.7. The lowest BCUT2D eigenvalue weighted by Gasteiger charge is -2.34. The predicted octanol–water partition coefficient (Wildman–Crippen LogP) is 5.84. The van der Waals surface area contributed by atoms with Crippen LogP contribution in [0.5, 0.6) is 11.5 Å². The molecule has 0 radical (unpaired) electrons. The van der Waals surface area contributed by atoms with Crippen LogP contribution in [0.1, 0.15) is 31.9 Å². The zero-order valence-corrected chi connectivity index (χ0v) is 24.2. The van der Waals surface area contributed by atoms with Gasteiger partial charge in [-0.2, -0.15) is 0 Å². The molecule has 40 heavy (non-hydrogen) atoms. The molecule has 9 nitrogen and oxygen atoms in total. The maximum absolute atomic E-state index is 13.7. The Morgan fingerprint density at radius 1 is 1.05 bits per heavy atom. The number of rotatable bonds is 11. The van der Waals surface area contributed by atoms with Gasteiger partial charge in [-0.1, -0.05) is 59.6 Å². The number of nitro groups is 1. The molecule has 0 bridgehead atoms. The number of halogens is 2. The lowest BCUT2D eigenvalue weighted by Crippen LogP contribution is -2.55. The van der Waals surface area contributed by atoms with Crippen molar-refractivity contribution in [3.05, 3.63) is 98.0 Å². The van der Waals surface area contributed by atoms with Crippen molar-refractivity contribution in [1.82, 2.24) is 10.2 Å². The molecule has 1 N–H and O–H groups in total. The highest BCUT2D eigenvalue weighted by atomic mass is 35.5. The van der Waals surface area contributed by atoms with Gasteiger partial charge >= 0.3 is 5.69 Å². The highest BCUT2D eigenvalue weighted by molar-refractivity contribution is 6.35. The summed E-state index contributed by atoms with van der Waals surface area (Å²) in [6.45, 7) is 5.14. The number of methoxy groups -OCH3 is 1. The molecule has 212 valence electrons. The van der Waals surface area contributed by atoms with Gasteiger partial charge in [0.25, 0.3) is 5.91 Å². The minimum absolute atomic E-state index is 0.00809. The van der Waals surface area contributed by atoms with Crippen LogP contribution in [0.4, 0.5) is 5.69 Å². The molecule has 0 unspecified atom stereocenters. The summed E-state index contributed by atoms with van der Waals surface area (Å²) < 4.78 is 10.8. The number of hydrogen-bond donors (Lipinski definition) is 1. The maximum Gasteiger partial charge on any atom is 0.311 e.